The van der Waals surface area contributed by atoms with Crippen molar-refractivity contribution in [3.63, 3.8) is 0 Å². The molecule has 2 saturated carbocycles. The van der Waals surface area contributed by atoms with Crippen LogP contribution in [0, 0.1) is 6.92 Å². The Morgan fingerprint density at radius 2 is 2.00 bits per heavy atom. The van der Waals surface area contributed by atoms with Crippen LogP contribution in [0.3, 0.4) is 0 Å². The Bertz CT molecular complexity index is 419. The van der Waals surface area contributed by atoms with Gasteiger partial charge in [-0.25, -0.2) is 0 Å². The molecule has 1 aromatic rings. The summed E-state index contributed by atoms with van der Waals surface area (Å²) in [7, 11) is 2.24. The molecule has 0 saturated heterocycles. The molecule has 0 bridgehead atoms. The number of rotatable bonds is 5. The maximum absolute atomic E-state index is 3.58. The fraction of sp³-hybridized carbons (Fsp3) is 0.625. The fourth-order valence-corrected chi connectivity index (χ4v) is 2.74. The van der Waals surface area contributed by atoms with Gasteiger partial charge in [0.15, 0.2) is 0 Å². The van der Waals surface area contributed by atoms with Crippen molar-refractivity contribution in [3.8, 4) is 0 Å². The molecule has 1 aromatic carbocycles. The molecular weight excluding hydrogens is 220 g/mol. The van der Waals surface area contributed by atoms with Crippen LogP contribution in [0.15, 0.2) is 18.2 Å². The molecule has 1 N–H and O–H groups in total. The SMILES string of the molecule is Cc1cc(CNC2CC2)ccc1N(C)C1CCC1. The van der Waals surface area contributed by atoms with Crippen molar-refractivity contribution < 1.29 is 0 Å². The molecule has 0 atom stereocenters. The van der Waals surface area contributed by atoms with Crippen molar-refractivity contribution in [2.75, 3.05) is 11.9 Å². The molecular formula is C16H24N2. The van der Waals surface area contributed by atoms with Gasteiger partial charge in [-0.1, -0.05) is 12.1 Å². The Kier molecular flexibility index (Phi) is 3.29. The standard InChI is InChI=1S/C16H24N2/c1-12-10-13(11-17-14-7-8-14)6-9-16(12)18(2)15-4-3-5-15/h6,9-10,14-15,17H,3-5,7-8,11H2,1-2H3. The normalized spacial score (nSPS) is 19.7. The van der Waals surface area contributed by atoms with Gasteiger partial charge in [0, 0.05) is 31.4 Å². The molecule has 2 aliphatic carbocycles. The molecule has 0 spiro atoms. The Labute approximate surface area is 110 Å². The third-order valence-corrected chi connectivity index (χ3v) is 4.44. The number of anilines is 1. The number of hydrogen-bond acceptors (Lipinski definition) is 2. The van der Waals surface area contributed by atoms with Crippen molar-refractivity contribution in [1.29, 1.82) is 0 Å². The van der Waals surface area contributed by atoms with Crippen molar-refractivity contribution >= 4 is 5.69 Å². The molecule has 18 heavy (non-hydrogen) atoms. The summed E-state index contributed by atoms with van der Waals surface area (Å²) in [6.07, 6.45) is 6.85. The molecule has 2 heteroatoms. The number of nitrogens with one attached hydrogen (secondary N) is 1. The van der Waals surface area contributed by atoms with Crippen molar-refractivity contribution in [3.05, 3.63) is 29.3 Å². The lowest BCUT2D eigenvalue weighted by Crippen LogP contribution is -2.37. The van der Waals surface area contributed by atoms with Crippen LogP contribution in [0.4, 0.5) is 5.69 Å². The van der Waals surface area contributed by atoms with E-state index in [0.29, 0.717) is 0 Å². The lowest BCUT2D eigenvalue weighted by Gasteiger charge is -2.37. The van der Waals surface area contributed by atoms with E-state index >= 15 is 0 Å². The van der Waals surface area contributed by atoms with E-state index in [1.807, 2.05) is 0 Å². The van der Waals surface area contributed by atoms with Gasteiger partial charge < -0.3 is 10.2 Å². The van der Waals surface area contributed by atoms with Gasteiger partial charge in [-0.2, -0.15) is 0 Å². The maximum Gasteiger partial charge on any atom is 0.0396 e. The minimum absolute atomic E-state index is 0.777. The van der Waals surface area contributed by atoms with Crippen LogP contribution < -0.4 is 10.2 Å². The summed E-state index contributed by atoms with van der Waals surface area (Å²) in [6, 6.07) is 8.51. The van der Waals surface area contributed by atoms with Crippen LogP contribution in [0.1, 0.15) is 43.2 Å². The highest BCUT2D eigenvalue weighted by molar-refractivity contribution is 5.55. The minimum atomic E-state index is 0.777. The summed E-state index contributed by atoms with van der Waals surface area (Å²) in [5, 5.41) is 3.58. The van der Waals surface area contributed by atoms with Crippen LogP contribution in [0.5, 0.6) is 0 Å². The summed E-state index contributed by atoms with van der Waals surface area (Å²) < 4.78 is 0. The minimum Gasteiger partial charge on any atom is -0.371 e. The molecule has 98 valence electrons. The summed E-state index contributed by atoms with van der Waals surface area (Å²) in [6.45, 7) is 3.27. The third-order valence-electron chi connectivity index (χ3n) is 4.44. The average molecular weight is 244 g/mol. The van der Waals surface area contributed by atoms with E-state index in [2.05, 4.69) is 42.4 Å². The largest absolute Gasteiger partial charge is 0.371 e. The highest BCUT2D eigenvalue weighted by Crippen LogP contribution is 2.30. The lowest BCUT2D eigenvalue weighted by atomic mass is 9.91. The quantitative estimate of drug-likeness (QED) is 0.855. The van der Waals surface area contributed by atoms with Crippen molar-refractivity contribution in [1.82, 2.24) is 5.32 Å². The van der Waals surface area contributed by atoms with Crippen LogP contribution in [0.2, 0.25) is 0 Å². The Balaban J connectivity index is 1.66. The first-order valence-electron chi connectivity index (χ1n) is 7.30. The van der Waals surface area contributed by atoms with Gasteiger partial charge in [0.2, 0.25) is 0 Å². The average Bonchev–Trinajstić information content (AvgIpc) is 3.07. The molecule has 0 heterocycles. The first-order chi connectivity index (χ1) is 8.74. The third kappa shape index (κ3) is 2.54. The van der Waals surface area contributed by atoms with E-state index in [1.54, 1.807) is 0 Å². The molecule has 0 amide bonds. The first kappa shape index (κ1) is 12.0. The highest BCUT2D eigenvalue weighted by Gasteiger charge is 2.23. The first-order valence-corrected chi connectivity index (χ1v) is 7.30. The molecule has 0 aliphatic heterocycles. The zero-order valence-corrected chi connectivity index (χ0v) is 11.6. The van der Waals surface area contributed by atoms with Crippen molar-refractivity contribution in [2.24, 2.45) is 0 Å². The molecule has 2 nitrogen and oxygen atoms in total. The zero-order chi connectivity index (χ0) is 12.5. The molecule has 0 aromatic heterocycles. The highest BCUT2D eigenvalue weighted by atomic mass is 15.1. The predicted molar refractivity (Wildman–Crippen MR) is 77.1 cm³/mol. The second kappa shape index (κ2) is 4.93. The van der Waals surface area contributed by atoms with E-state index in [4.69, 9.17) is 0 Å². The molecule has 3 rings (SSSR count). The Morgan fingerprint density at radius 3 is 2.56 bits per heavy atom. The second-order valence-electron chi connectivity index (χ2n) is 5.97. The maximum atomic E-state index is 3.58. The van der Waals surface area contributed by atoms with Gasteiger partial charge in [-0.05, 0) is 56.2 Å². The second-order valence-corrected chi connectivity index (χ2v) is 5.97. The zero-order valence-electron chi connectivity index (χ0n) is 11.6. The number of aryl methyl sites for hydroxylation is 1. The van der Waals surface area contributed by atoms with E-state index in [1.165, 1.54) is 48.9 Å². The van der Waals surface area contributed by atoms with Crippen LogP contribution in [-0.4, -0.2) is 19.1 Å². The molecule has 0 radical (unpaired) electrons. The van der Waals surface area contributed by atoms with Gasteiger partial charge in [0.25, 0.3) is 0 Å². The van der Waals surface area contributed by atoms with Gasteiger partial charge in [0.05, 0.1) is 0 Å². The molecule has 0 unspecified atom stereocenters. The van der Waals surface area contributed by atoms with Crippen LogP contribution in [-0.2, 0) is 6.54 Å². The van der Waals surface area contributed by atoms with Gasteiger partial charge >= 0.3 is 0 Å². The van der Waals surface area contributed by atoms with Crippen LogP contribution in [0.25, 0.3) is 0 Å². The smallest absolute Gasteiger partial charge is 0.0396 e. The summed E-state index contributed by atoms with van der Waals surface area (Å²) in [5.41, 5.74) is 4.25. The summed E-state index contributed by atoms with van der Waals surface area (Å²) >= 11 is 0. The van der Waals surface area contributed by atoms with Gasteiger partial charge in [-0.3, -0.25) is 0 Å². The molecule has 2 aliphatic rings. The van der Waals surface area contributed by atoms with E-state index in [-0.39, 0.29) is 0 Å². The van der Waals surface area contributed by atoms with E-state index < -0.39 is 0 Å². The number of benzene rings is 1. The number of nitrogens with zero attached hydrogens (tertiary/aromatic N) is 1. The Morgan fingerprint density at radius 1 is 1.22 bits per heavy atom. The Hall–Kier alpha value is -1.02. The fourth-order valence-electron chi connectivity index (χ4n) is 2.74. The van der Waals surface area contributed by atoms with Gasteiger partial charge in [-0.15, -0.1) is 0 Å². The summed E-state index contributed by atoms with van der Waals surface area (Å²) in [4.78, 5) is 2.47. The number of hydrogen-bond donors (Lipinski definition) is 1. The molecule has 2 fully saturated rings. The van der Waals surface area contributed by atoms with E-state index in [0.717, 1.165) is 18.6 Å². The van der Waals surface area contributed by atoms with Crippen molar-refractivity contribution in [2.45, 2.75) is 57.7 Å². The lowest BCUT2D eigenvalue weighted by molar-refractivity contribution is 0.401. The monoisotopic (exact) mass is 244 g/mol. The van der Waals surface area contributed by atoms with E-state index in [9.17, 15) is 0 Å². The van der Waals surface area contributed by atoms with Crippen LogP contribution >= 0.6 is 0 Å². The summed E-state index contributed by atoms with van der Waals surface area (Å²) in [5.74, 6) is 0. The predicted octanol–water partition coefficient (Wildman–Crippen LogP) is 3.24. The van der Waals surface area contributed by atoms with Gasteiger partial charge in [0.1, 0.15) is 0 Å². The topological polar surface area (TPSA) is 15.3 Å².